The van der Waals surface area contributed by atoms with Crippen molar-refractivity contribution >= 4 is 22.6 Å². The van der Waals surface area contributed by atoms with E-state index in [1.54, 1.807) is 24.3 Å². The van der Waals surface area contributed by atoms with Gasteiger partial charge in [0, 0.05) is 29.2 Å². The first-order valence-electron chi connectivity index (χ1n) is 8.94. The van der Waals surface area contributed by atoms with Crippen molar-refractivity contribution in [2.45, 2.75) is 25.1 Å². The molecule has 0 saturated heterocycles. The highest BCUT2D eigenvalue weighted by Gasteiger charge is 2.49. The van der Waals surface area contributed by atoms with Gasteiger partial charge in [0.25, 0.3) is 0 Å². The smallest absolute Gasteiger partial charge is 0.356 e. The Morgan fingerprint density at radius 1 is 1.10 bits per heavy atom. The molecule has 4 rings (SSSR count). The highest BCUT2D eigenvalue weighted by atomic mass is 19.4. The number of aromatic nitrogens is 1. The highest BCUT2D eigenvalue weighted by Crippen LogP contribution is 2.43. The van der Waals surface area contributed by atoms with E-state index in [2.05, 4.69) is 10.3 Å². The lowest BCUT2D eigenvalue weighted by molar-refractivity contribution is -0.178. The number of aromatic amines is 1. The van der Waals surface area contributed by atoms with E-state index in [4.69, 9.17) is 0 Å². The fraction of sp³-hybridized carbons (Fsp3) is 0.250. The number of fused-ring (bicyclic) bond motifs is 3. The number of anilines is 1. The first-order valence-corrected chi connectivity index (χ1v) is 8.94. The van der Waals surface area contributed by atoms with Crippen LogP contribution >= 0.6 is 0 Å². The van der Waals surface area contributed by atoms with Gasteiger partial charge in [0.1, 0.15) is 11.6 Å². The van der Waals surface area contributed by atoms with Crippen molar-refractivity contribution < 1.29 is 26.7 Å². The third-order valence-electron chi connectivity index (χ3n) is 4.94. The monoisotopic (exact) mass is 409 g/mol. The summed E-state index contributed by atoms with van der Waals surface area (Å²) >= 11 is 0. The third kappa shape index (κ3) is 3.64. The average Bonchev–Trinajstić information content (AvgIpc) is 2.85. The number of hydrogen-bond donors (Lipinski definition) is 2. The number of amides is 2. The Morgan fingerprint density at radius 3 is 2.48 bits per heavy atom. The fourth-order valence-electron chi connectivity index (χ4n) is 3.82. The van der Waals surface area contributed by atoms with Crippen LogP contribution in [0.1, 0.15) is 23.7 Å². The molecule has 0 fully saturated rings. The summed E-state index contributed by atoms with van der Waals surface area (Å²) in [6.45, 7) is -0.162. The van der Waals surface area contributed by atoms with Crippen molar-refractivity contribution in [1.29, 1.82) is 0 Å². The van der Waals surface area contributed by atoms with Crippen molar-refractivity contribution in [2.75, 3.05) is 11.9 Å². The van der Waals surface area contributed by atoms with Gasteiger partial charge >= 0.3 is 12.2 Å². The number of carbonyl (C=O) groups is 1. The Labute approximate surface area is 162 Å². The Morgan fingerprint density at radius 2 is 1.79 bits per heavy atom. The number of nitrogens with one attached hydrogen (secondary N) is 2. The third-order valence-corrected chi connectivity index (χ3v) is 4.94. The molecule has 0 aliphatic carbocycles. The van der Waals surface area contributed by atoms with Gasteiger partial charge in [0.15, 0.2) is 6.04 Å². The Balaban J connectivity index is 1.74. The van der Waals surface area contributed by atoms with E-state index in [9.17, 15) is 26.7 Å². The lowest BCUT2D eigenvalue weighted by Gasteiger charge is -2.31. The number of hydrogen-bond acceptors (Lipinski definition) is 1. The van der Waals surface area contributed by atoms with E-state index >= 15 is 0 Å². The molecule has 0 saturated carbocycles. The van der Waals surface area contributed by atoms with Gasteiger partial charge in [-0.1, -0.05) is 18.2 Å². The number of alkyl halides is 3. The second-order valence-corrected chi connectivity index (χ2v) is 6.89. The summed E-state index contributed by atoms with van der Waals surface area (Å²) < 4.78 is 68.9. The highest BCUT2D eigenvalue weighted by molar-refractivity contribution is 5.90. The summed E-state index contributed by atoms with van der Waals surface area (Å²) in [4.78, 5) is 16.2. The molecule has 2 aromatic carbocycles. The number of H-pyrrole nitrogens is 1. The number of nitrogens with zero attached hydrogens (tertiary/aromatic N) is 1. The first kappa shape index (κ1) is 19.2. The number of urea groups is 1. The van der Waals surface area contributed by atoms with Crippen LogP contribution in [-0.2, 0) is 6.42 Å². The van der Waals surface area contributed by atoms with Gasteiger partial charge in [-0.3, -0.25) is 0 Å². The van der Waals surface area contributed by atoms with Crippen LogP contribution in [0.3, 0.4) is 0 Å². The van der Waals surface area contributed by atoms with E-state index in [0.717, 1.165) is 12.1 Å². The fourth-order valence-corrected chi connectivity index (χ4v) is 3.82. The van der Waals surface area contributed by atoms with Crippen LogP contribution in [0.2, 0.25) is 0 Å². The van der Waals surface area contributed by atoms with Crippen LogP contribution < -0.4 is 5.32 Å². The summed E-state index contributed by atoms with van der Waals surface area (Å²) in [7, 11) is 0. The predicted octanol–water partition coefficient (Wildman–Crippen LogP) is 5.53. The second-order valence-electron chi connectivity index (χ2n) is 6.89. The molecule has 2 heterocycles. The van der Waals surface area contributed by atoms with Gasteiger partial charge in [0.2, 0.25) is 0 Å². The molecule has 1 aliphatic rings. The van der Waals surface area contributed by atoms with Crippen molar-refractivity contribution in [2.24, 2.45) is 0 Å². The molecule has 3 aromatic rings. The zero-order valence-electron chi connectivity index (χ0n) is 15.0. The van der Waals surface area contributed by atoms with Gasteiger partial charge < -0.3 is 15.2 Å². The second kappa shape index (κ2) is 7.06. The average molecular weight is 409 g/mol. The molecule has 0 bridgehead atoms. The van der Waals surface area contributed by atoms with Crippen molar-refractivity contribution in [3.05, 3.63) is 65.4 Å². The molecule has 1 unspecified atom stereocenters. The maximum absolute atomic E-state index is 14.0. The van der Waals surface area contributed by atoms with E-state index in [-0.39, 0.29) is 17.9 Å². The molecular formula is C20H16F5N3O. The molecule has 4 nitrogen and oxygen atoms in total. The lowest BCUT2D eigenvalue weighted by Crippen LogP contribution is -2.44. The van der Waals surface area contributed by atoms with Crippen LogP contribution in [-0.4, -0.2) is 28.6 Å². The topological polar surface area (TPSA) is 48.1 Å². The summed E-state index contributed by atoms with van der Waals surface area (Å²) in [5.41, 5.74) is 0.738. The lowest BCUT2D eigenvalue weighted by atomic mass is 10.0. The summed E-state index contributed by atoms with van der Waals surface area (Å²) in [5, 5.41) is 2.87. The number of benzene rings is 2. The van der Waals surface area contributed by atoms with Crippen LogP contribution in [0.4, 0.5) is 32.4 Å². The van der Waals surface area contributed by atoms with Gasteiger partial charge in [-0.05, 0) is 36.6 Å². The molecule has 2 amide bonds. The molecule has 0 spiro atoms. The molecule has 9 heteroatoms. The van der Waals surface area contributed by atoms with Gasteiger partial charge in [-0.25, -0.2) is 13.6 Å². The number of para-hydroxylation sites is 1. The molecule has 1 aromatic heterocycles. The summed E-state index contributed by atoms with van der Waals surface area (Å²) in [5.74, 6) is -1.89. The van der Waals surface area contributed by atoms with E-state index in [0.29, 0.717) is 40.3 Å². The zero-order valence-corrected chi connectivity index (χ0v) is 15.0. The van der Waals surface area contributed by atoms with Crippen LogP contribution in [0.15, 0.2) is 42.5 Å². The quantitative estimate of drug-likeness (QED) is 0.510. The standard InChI is InChI=1S/C20H16F5N3O/c21-11-8-12(22)10-13(9-11)26-19(29)28-7-3-5-15-14-4-1-2-6-16(14)27-17(15)18(28)20(23,24)25/h1-2,4,6,8-10,18,27H,3,5,7H2,(H,26,29). The molecule has 1 aliphatic heterocycles. The van der Waals surface area contributed by atoms with Gasteiger partial charge in [-0.15, -0.1) is 0 Å². The molecule has 0 radical (unpaired) electrons. The SMILES string of the molecule is O=C(Nc1cc(F)cc(F)c1)N1CCCc2c([nH]c3ccccc23)C1C(F)(F)F. The Bertz CT molecular complexity index is 1060. The van der Waals surface area contributed by atoms with Gasteiger partial charge in [-0.2, -0.15) is 13.2 Å². The molecule has 2 N–H and O–H groups in total. The van der Waals surface area contributed by atoms with E-state index in [1.165, 1.54) is 0 Å². The minimum absolute atomic E-state index is 0.0863. The summed E-state index contributed by atoms with van der Waals surface area (Å²) in [6.07, 6.45) is -4.07. The minimum atomic E-state index is -4.75. The van der Waals surface area contributed by atoms with E-state index < -0.39 is 29.9 Å². The molecule has 1 atom stereocenters. The number of rotatable bonds is 1. The van der Waals surface area contributed by atoms with Crippen molar-refractivity contribution in [3.8, 4) is 0 Å². The van der Waals surface area contributed by atoms with E-state index in [1.807, 2.05) is 0 Å². The normalized spacial score (nSPS) is 17.1. The van der Waals surface area contributed by atoms with Crippen LogP contribution in [0, 0.1) is 11.6 Å². The predicted molar refractivity (Wildman–Crippen MR) is 97.5 cm³/mol. The maximum Gasteiger partial charge on any atom is 0.414 e. The molecule has 29 heavy (non-hydrogen) atoms. The number of aryl methyl sites for hydroxylation is 1. The van der Waals surface area contributed by atoms with Crippen molar-refractivity contribution in [1.82, 2.24) is 9.88 Å². The Kier molecular flexibility index (Phi) is 4.68. The van der Waals surface area contributed by atoms with Crippen molar-refractivity contribution in [3.63, 3.8) is 0 Å². The molecule has 152 valence electrons. The number of carbonyl (C=O) groups excluding carboxylic acids is 1. The summed E-state index contributed by atoms with van der Waals surface area (Å²) in [6, 6.07) is 5.88. The Hall–Kier alpha value is -3.10. The van der Waals surface area contributed by atoms with Crippen LogP contribution in [0.5, 0.6) is 0 Å². The first-order chi connectivity index (χ1) is 13.7. The maximum atomic E-state index is 14.0. The van der Waals surface area contributed by atoms with Crippen LogP contribution in [0.25, 0.3) is 10.9 Å². The largest absolute Gasteiger partial charge is 0.414 e. The molecular weight excluding hydrogens is 393 g/mol. The zero-order chi connectivity index (χ0) is 20.8. The number of halogens is 5. The minimum Gasteiger partial charge on any atom is -0.356 e. The van der Waals surface area contributed by atoms with Gasteiger partial charge in [0.05, 0.1) is 5.69 Å².